The minimum atomic E-state index is -3.58. The van der Waals surface area contributed by atoms with Crippen LogP contribution >= 0.6 is 0 Å². The molecule has 2 rings (SSSR count). The van der Waals surface area contributed by atoms with Crippen LogP contribution in [0.3, 0.4) is 0 Å². The lowest BCUT2D eigenvalue weighted by molar-refractivity contribution is -0.114. The van der Waals surface area contributed by atoms with Gasteiger partial charge in [0.05, 0.1) is 11.9 Å². The second-order valence-electron chi connectivity index (χ2n) is 6.40. The number of hydrogen-bond acceptors (Lipinski definition) is 3. The van der Waals surface area contributed by atoms with Crippen molar-refractivity contribution in [1.82, 2.24) is 0 Å². The highest BCUT2D eigenvalue weighted by atomic mass is 32.2. The van der Waals surface area contributed by atoms with Gasteiger partial charge in [-0.3, -0.25) is 9.10 Å². The standard InChI is InChI=1S/C19H24N2O3S/c1-14(2)17-10-5-6-11-18(17)20-19(22)13-21(25(4,23)24)16-9-7-8-15(3)12-16/h5-12,14H,13H2,1-4H3,(H,20,22). The van der Waals surface area contributed by atoms with Crippen molar-refractivity contribution in [3.8, 4) is 0 Å². The van der Waals surface area contributed by atoms with Crippen LogP contribution in [0.25, 0.3) is 0 Å². The largest absolute Gasteiger partial charge is 0.324 e. The van der Waals surface area contributed by atoms with Crippen LogP contribution in [0.4, 0.5) is 11.4 Å². The molecular weight excluding hydrogens is 336 g/mol. The molecule has 6 heteroatoms. The summed E-state index contributed by atoms with van der Waals surface area (Å²) >= 11 is 0. The van der Waals surface area contributed by atoms with Crippen molar-refractivity contribution in [1.29, 1.82) is 0 Å². The first kappa shape index (κ1) is 19.0. The summed E-state index contributed by atoms with van der Waals surface area (Å²) in [4.78, 5) is 12.5. The van der Waals surface area contributed by atoms with Crippen LogP contribution < -0.4 is 9.62 Å². The second kappa shape index (κ2) is 7.70. The quantitative estimate of drug-likeness (QED) is 0.857. The molecule has 134 valence electrons. The van der Waals surface area contributed by atoms with Crippen molar-refractivity contribution < 1.29 is 13.2 Å². The van der Waals surface area contributed by atoms with E-state index < -0.39 is 10.0 Å². The molecule has 0 aliphatic heterocycles. The van der Waals surface area contributed by atoms with Gasteiger partial charge in [0.2, 0.25) is 15.9 Å². The predicted octanol–water partition coefficient (Wildman–Crippen LogP) is 3.52. The molecule has 0 unspecified atom stereocenters. The smallest absolute Gasteiger partial charge is 0.245 e. The number of aryl methyl sites for hydroxylation is 1. The van der Waals surface area contributed by atoms with Gasteiger partial charge in [-0.1, -0.05) is 44.2 Å². The number of nitrogens with one attached hydrogen (secondary N) is 1. The van der Waals surface area contributed by atoms with Crippen molar-refractivity contribution in [3.05, 3.63) is 59.7 Å². The highest BCUT2D eigenvalue weighted by Gasteiger charge is 2.21. The molecule has 0 fully saturated rings. The molecule has 0 spiro atoms. The first-order chi connectivity index (χ1) is 11.7. The van der Waals surface area contributed by atoms with Crippen LogP contribution in [0.2, 0.25) is 0 Å². The summed E-state index contributed by atoms with van der Waals surface area (Å²) in [6, 6.07) is 14.6. The first-order valence-electron chi connectivity index (χ1n) is 8.11. The molecule has 1 N–H and O–H groups in total. The Kier molecular flexibility index (Phi) is 5.85. The third kappa shape index (κ3) is 5.06. The van der Waals surface area contributed by atoms with E-state index in [4.69, 9.17) is 0 Å². The molecule has 0 saturated carbocycles. The summed E-state index contributed by atoms with van der Waals surface area (Å²) in [7, 11) is -3.58. The van der Waals surface area contributed by atoms with E-state index in [2.05, 4.69) is 5.32 Å². The Morgan fingerprint density at radius 1 is 1.12 bits per heavy atom. The third-order valence-corrected chi connectivity index (χ3v) is 4.97. The third-order valence-electron chi connectivity index (χ3n) is 3.83. The number of carbonyl (C=O) groups is 1. The molecule has 0 aliphatic carbocycles. The number of rotatable bonds is 6. The molecule has 5 nitrogen and oxygen atoms in total. The van der Waals surface area contributed by atoms with Gasteiger partial charge in [-0.15, -0.1) is 0 Å². The fraction of sp³-hybridized carbons (Fsp3) is 0.316. The number of sulfonamides is 1. The number of carbonyl (C=O) groups excluding carboxylic acids is 1. The van der Waals surface area contributed by atoms with E-state index in [-0.39, 0.29) is 18.4 Å². The zero-order chi connectivity index (χ0) is 18.6. The monoisotopic (exact) mass is 360 g/mol. The van der Waals surface area contributed by atoms with E-state index in [1.165, 1.54) is 0 Å². The summed E-state index contributed by atoms with van der Waals surface area (Å²) in [5.74, 6) is -0.126. The van der Waals surface area contributed by atoms with Crippen molar-refractivity contribution in [2.75, 3.05) is 22.4 Å². The Hall–Kier alpha value is -2.34. The SMILES string of the molecule is Cc1cccc(N(CC(=O)Nc2ccccc2C(C)C)S(C)(=O)=O)c1. The van der Waals surface area contributed by atoms with Crippen LogP contribution in [0.5, 0.6) is 0 Å². The Labute approximate surface area is 149 Å². The summed E-state index contributed by atoms with van der Waals surface area (Å²) in [5, 5.41) is 2.83. The van der Waals surface area contributed by atoms with E-state index in [1.54, 1.807) is 18.2 Å². The van der Waals surface area contributed by atoms with Crippen molar-refractivity contribution in [2.24, 2.45) is 0 Å². The Morgan fingerprint density at radius 3 is 2.40 bits per heavy atom. The van der Waals surface area contributed by atoms with Crippen LogP contribution in [0.1, 0.15) is 30.9 Å². The fourth-order valence-electron chi connectivity index (χ4n) is 2.62. The minimum Gasteiger partial charge on any atom is -0.324 e. The minimum absolute atomic E-state index is 0.249. The zero-order valence-corrected chi connectivity index (χ0v) is 15.8. The first-order valence-corrected chi connectivity index (χ1v) is 9.96. The van der Waals surface area contributed by atoms with Gasteiger partial charge in [0.25, 0.3) is 0 Å². The van der Waals surface area contributed by atoms with Crippen molar-refractivity contribution >= 4 is 27.3 Å². The topological polar surface area (TPSA) is 66.5 Å². The molecule has 0 aromatic heterocycles. The van der Waals surface area contributed by atoms with E-state index in [1.807, 2.05) is 51.1 Å². The fourth-order valence-corrected chi connectivity index (χ4v) is 3.47. The molecule has 0 atom stereocenters. The molecule has 0 saturated heterocycles. The van der Waals surface area contributed by atoms with Gasteiger partial charge in [-0.25, -0.2) is 8.42 Å². The van der Waals surface area contributed by atoms with Crippen LogP contribution in [0, 0.1) is 6.92 Å². The molecule has 0 radical (unpaired) electrons. The molecule has 2 aromatic rings. The van der Waals surface area contributed by atoms with Gasteiger partial charge in [0.1, 0.15) is 6.54 Å². The Balaban J connectivity index is 2.24. The van der Waals surface area contributed by atoms with Crippen LogP contribution in [-0.2, 0) is 14.8 Å². The summed E-state index contributed by atoms with van der Waals surface area (Å²) in [6.45, 7) is 5.69. The Morgan fingerprint density at radius 2 is 1.80 bits per heavy atom. The van der Waals surface area contributed by atoms with Gasteiger partial charge in [0, 0.05) is 5.69 Å². The number of benzene rings is 2. The van der Waals surface area contributed by atoms with E-state index >= 15 is 0 Å². The van der Waals surface area contributed by atoms with E-state index in [9.17, 15) is 13.2 Å². The molecule has 25 heavy (non-hydrogen) atoms. The molecule has 1 amide bonds. The molecule has 0 bridgehead atoms. The van der Waals surface area contributed by atoms with Gasteiger partial charge >= 0.3 is 0 Å². The summed E-state index contributed by atoms with van der Waals surface area (Å²) in [6.07, 6.45) is 1.10. The van der Waals surface area contributed by atoms with Gasteiger partial charge in [0.15, 0.2) is 0 Å². The molecule has 2 aromatic carbocycles. The van der Waals surface area contributed by atoms with Gasteiger partial charge < -0.3 is 5.32 Å². The average Bonchev–Trinajstić information content (AvgIpc) is 2.52. The summed E-state index contributed by atoms with van der Waals surface area (Å²) in [5.41, 5.74) is 3.13. The number of anilines is 2. The number of nitrogens with zero attached hydrogens (tertiary/aromatic N) is 1. The van der Waals surface area contributed by atoms with Crippen LogP contribution in [0.15, 0.2) is 48.5 Å². The lowest BCUT2D eigenvalue weighted by Crippen LogP contribution is -2.37. The van der Waals surface area contributed by atoms with Crippen molar-refractivity contribution in [2.45, 2.75) is 26.7 Å². The van der Waals surface area contributed by atoms with Gasteiger partial charge in [-0.2, -0.15) is 0 Å². The maximum absolute atomic E-state index is 12.5. The highest BCUT2D eigenvalue weighted by Crippen LogP contribution is 2.24. The van der Waals surface area contributed by atoms with Gasteiger partial charge in [-0.05, 0) is 42.2 Å². The highest BCUT2D eigenvalue weighted by molar-refractivity contribution is 7.92. The van der Waals surface area contributed by atoms with Crippen LogP contribution in [-0.4, -0.2) is 27.1 Å². The number of amides is 1. The number of hydrogen-bond donors (Lipinski definition) is 1. The van der Waals surface area contributed by atoms with Crippen molar-refractivity contribution in [3.63, 3.8) is 0 Å². The maximum Gasteiger partial charge on any atom is 0.245 e. The maximum atomic E-state index is 12.5. The molecule has 0 heterocycles. The molecule has 0 aliphatic rings. The zero-order valence-electron chi connectivity index (χ0n) is 15.0. The second-order valence-corrected chi connectivity index (χ2v) is 8.31. The predicted molar refractivity (Wildman–Crippen MR) is 103 cm³/mol. The normalized spacial score (nSPS) is 11.4. The average molecular weight is 360 g/mol. The number of para-hydroxylation sites is 1. The van der Waals surface area contributed by atoms with E-state index in [0.29, 0.717) is 11.4 Å². The molecular formula is C19H24N2O3S. The Bertz CT molecular complexity index is 860. The summed E-state index contributed by atoms with van der Waals surface area (Å²) < 4.78 is 25.4. The lowest BCUT2D eigenvalue weighted by atomic mass is 10.0. The lowest BCUT2D eigenvalue weighted by Gasteiger charge is -2.23. The van der Waals surface area contributed by atoms with E-state index in [0.717, 1.165) is 21.7 Å².